The smallest absolute Gasteiger partial charge is 0.306 e. The molecule has 326 valence electrons. The highest BCUT2D eigenvalue weighted by molar-refractivity contribution is 5.71. The summed E-state index contributed by atoms with van der Waals surface area (Å²) in [7, 11) is 0. The third-order valence-electron chi connectivity index (χ3n) is 11.0. The van der Waals surface area contributed by atoms with E-state index in [9.17, 15) is 14.4 Å². The summed E-state index contributed by atoms with van der Waals surface area (Å²) < 4.78 is 16.7. The average Bonchev–Trinajstić information content (AvgIpc) is 3.17. The topological polar surface area (TPSA) is 78.9 Å². The summed E-state index contributed by atoms with van der Waals surface area (Å²) in [6.07, 6.45) is 44.0. The van der Waals surface area contributed by atoms with Gasteiger partial charge in [-0.2, -0.15) is 0 Å². The zero-order valence-corrected chi connectivity index (χ0v) is 37.4. The highest BCUT2D eigenvalue weighted by Crippen LogP contribution is 2.17. The van der Waals surface area contributed by atoms with Gasteiger partial charge < -0.3 is 14.2 Å². The number of esters is 3. The number of rotatable bonds is 44. The molecule has 6 nitrogen and oxygen atoms in total. The van der Waals surface area contributed by atoms with Crippen LogP contribution in [0.15, 0.2) is 0 Å². The molecule has 0 unspecified atom stereocenters. The molecule has 0 fully saturated rings. The third-order valence-corrected chi connectivity index (χ3v) is 11.0. The Morgan fingerprint density at radius 2 is 0.600 bits per heavy atom. The zero-order chi connectivity index (χ0) is 40.3. The van der Waals surface area contributed by atoms with E-state index in [-0.39, 0.29) is 31.1 Å². The molecule has 0 saturated carbocycles. The maximum absolute atomic E-state index is 12.7. The second-order valence-corrected chi connectivity index (χ2v) is 17.2. The van der Waals surface area contributed by atoms with Crippen molar-refractivity contribution in [2.75, 3.05) is 13.2 Å². The lowest BCUT2D eigenvalue weighted by atomic mass is 10.0. The molecule has 0 spiro atoms. The van der Waals surface area contributed by atoms with Crippen molar-refractivity contribution in [2.24, 2.45) is 5.92 Å². The van der Waals surface area contributed by atoms with Crippen LogP contribution in [0.1, 0.15) is 272 Å². The Bertz CT molecular complexity index is 826. The molecule has 0 N–H and O–H groups in total. The summed E-state index contributed by atoms with van der Waals surface area (Å²) in [6.45, 7) is 8.94. The molecule has 0 aliphatic rings. The highest BCUT2D eigenvalue weighted by atomic mass is 16.6. The molecule has 0 aromatic rings. The van der Waals surface area contributed by atoms with E-state index < -0.39 is 6.10 Å². The molecule has 6 heteroatoms. The SMILES string of the molecule is CCCCCCCCCCCCCCCCCCC(=O)O[C@@H](COC(=O)CCCCCCC)COC(=O)CCCCCCCCCCCCCCCC(C)C. The fourth-order valence-corrected chi connectivity index (χ4v) is 7.33. The lowest BCUT2D eigenvalue weighted by Crippen LogP contribution is -2.30. The maximum Gasteiger partial charge on any atom is 0.306 e. The largest absolute Gasteiger partial charge is 0.462 e. The first kappa shape index (κ1) is 53.4. The quantitative estimate of drug-likeness (QED) is 0.0348. The average molecular weight is 779 g/mol. The first-order valence-electron chi connectivity index (χ1n) is 24.4. The minimum atomic E-state index is -0.758. The Hall–Kier alpha value is -1.59. The van der Waals surface area contributed by atoms with E-state index in [1.165, 1.54) is 161 Å². The monoisotopic (exact) mass is 779 g/mol. The van der Waals surface area contributed by atoms with Gasteiger partial charge >= 0.3 is 17.9 Å². The van der Waals surface area contributed by atoms with Gasteiger partial charge in [0, 0.05) is 19.3 Å². The van der Waals surface area contributed by atoms with Crippen molar-refractivity contribution in [3.63, 3.8) is 0 Å². The van der Waals surface area contributed by atoms with Crippen LogP contribution in [-0.2, 0) is 28.6 Å². The van der Waals surface area contributed by atoms with Gasteiger partial charge in [-0.25, -0.2) is 0 Å². The van der Waals surface area contributed by atoms with E-state index in [1.807, 2.05) is 0 Å². The van der Waals surface area contributed by atoms with Crippen LogP contribution >= 0.6 is 0 Å². The van der Waals surface area contributed by atoms with Gasteiger partial charge in [-0.15, -0.1) is 0 Å². The molecule has 0 radical (unpaired) electrons. The van der Waals surface area contributed by atoms with Crippen LogP contribution in [0.2, 0.25) is 0 Å². The van der Waals surface area contributed by atoms with Crippen molar-refractivity contribution in [2.45, 2.75) is 278 Å². The molecule has 0 heterocycles. The molecule has 55 heavy (non-hydrogen) atoms. The number of carbonyl (C=O) groups is 3. The highest BCUT2D eigenvalue weighted by Gasteiger charge is 2.19. The number of carbonyl (C=O) groups excluding carboxylic acids is 3. The fraction of sp³-hybridized carbons (Fsp3) is 0.939. The van der Waals surface area contributed by atoms with Crippen molar-refractivity contribution < 1.29 is 28.6 Å². The lowest BCUT2D eigenvalue weighted by molar-refractivity contribution is -0.167. The Labute approximate surface area is 342 Å². The molecule has 1 atom stereocenters. The van der Waals surface area contributed by atoms with Crippen LogP contribution in [0.5, 0.6) is 0 Å². The van der Waals surface area contributed by atoms with E-state index in [1.54, 1.807) is 0 Å². The summed E-state index contributed by atoms with van der Waals surface area (Å²) in [5.41, 5.74) is 0. The molecule has 0 amide bonds. The van der Waals surface area contributed by atoms with E-state index in [2.05, 4.69) is 27.7 Å². The normalized spacial score (nSPS) is 11.9. The summed E-state index contributed by atoms with van der Waals surface area (Å²) in [6, 6.07) is 0. The Kier molecular flexibility index (Phi) is 42.3. The van der Waals surface area contributed by atoms with E-state index in [4.69, 9.17) is 14.2 Å². The minimum absolute atomic E-state index is 0.0642. The van der Waals surface area contributed by atoms with E-state index >= 15 is 0 Å². The molecular weight excluding hydrogens is 685 g/mol. The van der Waals surface area contributed by atoms with Crippen molar-refractivity contribution in [1.82, 2.24) is 0 Å². The second kappa shape index (κ2) is 43.5. The van der Waals surface area contributed by atoms with Gasteiger partial charge in [0.15, 0.2) is 6.10 Å². The van der Waals surface area contributed by atoms with Gasteiger partial charge in [-0.3, -0.25) is 14.4 Å². The summed E-state index contributed by atoms with van der Waals surface area (Å²) in [5.74, 6) is -0.0230. The summed E-state index contributed by atoms with van der Waals surface area (Å²) in [5, 5.41) is 0. The molecule has 0 bridgehead atoms. The zero-order valence-electron chi connectivity index (χ0n) is 37.4. The van der Waals surface area contributed by atoms with Crippen LogP contribution in [-0.4, -0.2) is 37.2 Å². The second-order valence-electron chi connectivity index (χ2n) is 17.2. The Morgan fingerprint density at radius 1 is 0.345 bits per heavy atom. The fourth-order valence-electron chi connectivity index (χ4n) is 7.33. The summed E-state index contributed by atoms with van der Waals surface area (Å²) in [4.78, 5) is 37.6. The first-order valence-corrected chi connectivity index (χ1v) is 24.4. The van der Waals surface area contributed by atoms with Crippen LogP contribution in [0.4, 0.5) is 0 Å². The van der Waals surface area contributed by atoms with E-state index in [0.29, 0.717) is 19.3 Å². The first-order chi connectivity index (χ1) is 26.9. The van der Waals surface area contributed by atoms with Crippen molar-refractivity contribution in [3.8, 4) is 0 Å². The van der Waals surface area contributed by atoms with Gasteiger partial charge in [0.25, 0.3) is 0 Å². The number of hydrogen-bond acceptors (Lipinski definition) is 6. The molecule has 0 aromatic carbocycles. The van der Waals surface area contributed by atoms with Gasteiger partial charge in [-0.1, -0.05) is 233 Å². The van der Waals surface area contributed by atoms with Crippen LogP contribution in [0.3, 0.4) is 0 Å². The van der Waals surface area contributed by atoms with Crippen molar-refractivity contribution >= 4 is 17.9 Å². The van der Waals surface area contributed by atoms with Gasteiger partial charge in [0.05, 0.1) is 0 Å². The van der Waals surface area contributed by atoms with Crippen LogP contribution in [0, 0.1) is 5.92 Å². The minimum Gasteiger partial charge on any atom is -0.462 e. The Morgan fingerprint density at radius 3 is 0.891 bits per heavy atom. The molecule has 0 aromatic heterocycles. The van der Waals surface area contributed by atoms with Crippen LogP contribution in [0.25, 0.3) is 0 Å². The van der Waals surface area contributed by atoms with Crippen molar-refractivity contribution in [3.05, 3.63) is 0 Å². The van der Waals surface area contributed by atoms with Gasteiger partial charge in [0.1, 0.15) is 13.2 Å². The number of unbranched alkanes of at least 4 members (excludes halogenated alkanes) is 31. The molecule has 0 rings (SSSR count). The Balaban J connectivity index is 4.14. The standard InChI is InChI=1S/C49H94O6/c1-5-7-9-11-12-13-14-15-16-17-20-24-27-30-34-38-42-49(52)55-46(43-53-47(50)40-36-31-10-8-6-2)44-54-48(51)41-37-33-29-26-23-21-18-19-22-25-28-32-35-39-45(3)4/h45-46H,5-44H2,1-4H3/t46-/m0/s1. The molecule has 0 aliphatic carbocycles. The number of hydrogen-bond donors (Lipinski definition) is 0. The van der Waals surface area contributed by atoms with Crippen LogP contribution < -0.4 is 0 Å². The summed E-state index contributed by atoms with van der Waals surface area (Å²) >= 11 is 0. The molecular formula is C49H94O6. The van der Waals surface area contributed by atoms with Gasteiger partial charge in [-0.05, 0) is 25.2 Å². The number of ether oxygens (including phenoxy) is 3. The predicted octanol–water partition coefficient (Wildman–Crippen LogP) is 15.5. The third kappa shape index (κ3) is 43.4. The maximum atomic E-state index is 12.7. The lowest BCUT2D eigenvalue weighted by Gasteiger charge is -2.18. The van der Waals surface area contributed by atoms with Crippen molar-refractivity contribution in [1.29, 1.82) is 0 Å². The predicted molar refractivity (Wildman–Crippen MR) is 233 cm³/mol. The van der Waals surface area contributed by atoms with Gasteiger partial charge in [0.2, 0.25) is 0 Å². The molecule has 0 aliphatic heterocycles. The molecule has 0 saturated heterocycles. The van der Waals surface area contributed by atoms with E-state index in [0.717, 1.165) is 70.1 Å².